The smallest absolute Gasteiger partial charge is 0.259 e. The first-order valence-electron chi connectivity index (χ1n) is 6.97. The van der Waals surface area contributed by atoms with Gasteiger partial charge < -0.3 is 10.1 Å². The van der Waals surface area contributed by atoms with Gasteiger partial charge in [-0.1, -0.05) is 11.6 Å². The topological polar surface area (TPSA) is 62.1 Å². The zero-order valence-electron chi connectivity index (χ0n) is 12.5. The van der Waals surface area contributed by atoms with Crippen LogP contribution >= 0.6 is 11.6 Å². The Balaban J connectivity index is 1.97. The van der Waals surface area contributed by atoms with Crippen molar-refractivity contribution in [2.75, 3.05) is 6.61 Å². The zero-order chi connectivity index (χ0) is 15.6. The number of nitrogens with zero attached hydrogens (tertiary/aromatic N) is 1. The van der Waals surface area contributed by atoms with Crippen LogP contribution in [0.2, 0.25) is 5.02 Å². The second-order valence-corrected chi connectivity index (χ2v) is 6.23. The van der Waals surface area contributed by atoms with E-state index in [-0.39, 0.29) is 18.4 Å². The fraction of sp³-hybridized carbons (Fsp3) is 0.500. The number of hydrogen-bond acceptors (Lipinski definition) is 3. The summed E-state index contributed by atoms with van der Waals surface area (Å²) in [6.45, 7) is 5.43. The molecule has 0 saturated heterocycles. The van der Waals surface area contributed by atoms with Crippen LogP contribution in [0.5, 0.6) is 5.75 Å². The van der Waals surface area contributed by atoms with Crippen molar-refractivity contribution in [1.82, 2.24) is 5.32 Å². The summed E-state index contributed by atoms with van der Waals surface area (Å²) in [4.78, 5) is 12.0. The third-order valence-electron chi connectivity index (χ3n) is 3.80. The largest absolute Gasteiger partial charge is 0.483 e. The van der Waals surface area contributed by atoms with E-state index in [9.17, 15) is 10.1 Å². The molecule has 1 saturated carbocycles. The number of rotatable bonds is 5. The molecule has 0 heterocycles. The van der Waals surface area contributed by atoms with Gasteiger partial charge in [0.05, 0.1) is 6.07 Å². The van der Waals surface area contributed by atoms with Crippen LogP contribution < -0.4 is 10.1 Å². The molecule has 112 valence electrons. The van der Waals surface area contributed by atoms with Crippen molar-refractivity contribution in [3.63, 3.8) is 0 Å². The number of carbonyl (C=O) groups is 1. The summed E-state index contributed by atoms with van der Waals surface area (Å²) >= 11 is 5.96. The van der Waals surface area contributed by atoms with E-state index in [1.807, 2.05) is 13.8 Å². The van der Waals surface area contributed by atoms with E-state index in [4.69, 9.17) is 16.3 Å². The van der Waals surface area contributed by atoms with Crippen molar-refractivity contribution in [3.8, 4) is 11.8 Å². The van der Waals surface area contributed by atoms with Gasteiger partial charge in [-0.3, -0.25) is 4.79 Å². The molecular formula is C16H19ClN2O2. The van der Waals surface area contributed by atoms with E-state index in [1.54, 1.807) is 19.1 Å². The normalized spacial score (nSPS) is 16.7. The Morgan fingerprint density at radius 1 is 1.48 bits per heavy atom. The fourth-order valence-corrected chi connectivity index (χ4v) is 2.80. The lowest BCUT2D eigenvalue weighted by Crippen LogP contribution is -2.48. The van der Waals surface area contributed by atoms with Crippen molar-refractivity contribution in [3.05, 3.63) is 28.3 Å². The Labute approximate surface area is 130 Å². The summed E-state index contributed by atoms with van der Waals surface area (Å²) in [6.07, 6.45) is 1.97. The fourth-order valence-electron chi connectivity index (χ4n) is 2.47. The molecule has 0 bridgehead atoms. The minimum Gasteiger partial charge on any atom is -0.483 e. The number of amides is 1. The molecule has 1 amide bonds. The number of carbonyl (C=O) groups excluding carboxylic acids is 1. The SMILES string of the molecule is Cc1cc(Cl)cc(C)c1OCC(=O)N[C@](C)(C#N)C1CC1. The van der Waals surface area contributed by atoms with E-state index in [2.05, 4.69) is 11.4 Å². The average Bonchev–Trinajstić information content (AvgIpc) is 3.21. The molecule has 1 aliphatic carbocycles. The summed E-state index contributed by atoms with van der Waals surface area (Å²) in [5, 5.41) is 12.6. The van der Waals surface area contributed by atoms with Crippen LogP contribution in [-0.4, -0.2) is 18.1 Å². The van der Waals surface area contributed by atoms with Gasteiger partial charge in [-0.15, -0.1) is 0 Å². The lowest BCUT2D eigenvalue weighted by atomic mass is 9.98. The summed E-state index contributed by atoms with van der Waals surface area (Å²) in [5.41, 5.74) is 0.987. The average molecular weight is 307 g/mol. The lowest BCUT2D eigenvalue weighted by molar-refractivity contribution is -0.124. The van der Waals surface area contributed by atoms with E-state index >= 15 is 0 Å². The van der Waals surface area contributed by atoms with Gasteiger partial charge >= 0.3 is 0 Å². The van der Waals surface area contributed by atoms with Crippen LogP contribution in [-0.2, 0) is 4.79 Å². The Hall–Kier alpha value is -1.73. The highest BCUT2D eigenvalue weighted by atomic mass is 35.5. The summed E-state index contributed by atoms with van der Waals surface area (Å²) in [7, 11) is 0. The van der Waals surface area contributed by atoms with Crippen LogP contribution in [0, 0.1) is 31.1 Å². The molecule has 0 aliphatic heterocycles. The van der Waals surface area contributed by atoms with Crippen LogP contribution in [0.3, 0.4) is 0 Å². The number of nitrogens with one attached hydrogen (secondary N) is 1. The molecule has 5 heteroatoms. The maximum absolute atomic E-state index is 12.0. The van der Waals surface area contributed by atoms with Crippen LogP contribution in [0.15, 0.2) is 12.1 Å². The highest BCUT2D eigenvalue weighted by molar-refractivity contribution is 6.30. The van der Waals surface area contributed by atoms with Crippen molar-refractivity contribution in [1.29, 1.82) is 5.26 Å². The molecule has 1 N–H and O–H groups in total. The minimum absolute atomic E-state index is 0.104. The maximum Gasteiger partial charge on any atom is 0.259 e. The maximum atomic E-state index is 12.0. The molecular weight excluding hydrogens is 288 g/mol. The first-order chi connectivity index (χ1) is 9.85. The van der Waals surface area contributed by atoms with Gasteiger partial charge in [0, 0.05) is 5.02 Å². The highest BCUT2D eigenvalue weighted by Gasteiger charge is 2.43. The molecule has 1 aromatic rings. The highest BCUT2D eigenvalue weighted by Crippen LogP contribution is 2.39. The molecule has 1 atom stereocenters. The number of aryl methyl sites for hydroxylation is 2. The van der Waals surface area contributed by atoms with Gasteiger partial charge in [0.15, 0.2) is 6.61 Å². The third kappa shape index (κ3) is 3.68. The van der Waals surface area contributed by atoms with E-state index in [1.165, 1.54) is 0 Å². The molecule has 1 aliphatic rings. The molecule has 0 radical (unpaired) electrons. The number of halogens is 1. The van der Waals surface area contributed by atoms with Gasteiger partial charge in [-0.05, 0) is 62.8 Å². The van der Waals surface area contributed by atoms with Crippen LogP contribution in [0.25, 0.3) is 0 Å². The van der Waals surface area contributed by atoms with E-state index < -0.39 is 5.54 Å². The van der Waals surface area contributed by atoms with Gasteiger partial charge in [-0.2, -0.15) is 5.26 Å². The van der Waals surface area contributed by atoms with Crippen molar-refractivity contribution in [2.24, 2.45) is 5.92 Å². The first kappa shape index (κ1) is 15.7. The lowest BCUT2D eigenvalue weighted by Gasteiger charge is -2.23. The molecule has 2 rings (SSSR count). The molecule has 4 nitrogen and oxygen atoms in total. The zero-order valence-corrected chi connectivity index (χ0v) is 13.3. The number of benzene rings is 1. The summed E-state index contributed by atoms with van der Waals surface area (Å²) in [5.74, 6) is 0.643. The van der Waals surface area contributed by atoms with Crippen molar-refractivity contribution >= 4 is 17.5 Å². The van der Waals surface area contributed by atoms with Crippen molar-refractivity contribution in [2.45, 2.75) is 39.2 Å². The Morgan fingerprint density at radius 3 is 2.52 bits per heavy atom. The molecule has 0 spiro atoms. The third-order valence-corrected chi connectivity index (χ3v) is 4.02. The molecule has 1 fully saturated rings. The Morgan fingerprint density at radius 2 is 2.05 bits per heavy atom. The van der Waals surface area contributed by atoms with E-state index in [0.717, 1.165) is 24.0 Å². The molecule has 0 unspecified atom stereocenters. The van der Waals surface area contributed by atoms with Gasteiger partial charge in [-0.25, -0.2) is 0 Å². The number of ether oxygens (including phenoxy) is 1. The van der Waals surface area contributed by atoms with Gasteiger partial charge in [0.25, 0.3) is 5.91 Å². The number of hydrogen-bond donors (Lipinski definition) is 1. The minimum atomic E-state index is -0.787. The number of nitriles is 1. The molecule has 21 heavy (non-hydrogen) atoms. The predicted molar refractivity (Wildman–Crippen MR) is 81.3 cm³/mol. The van der Waals surface area contributed by atoms with Crippen LogP contribution in [0.4, 0.5) is 0 Å². The van der Waals surface area contributed by atoms with Gasteiger partial charge in [0.2, 0.25) is 0 Å². The molecule has 1 aromatic carbocycles. The Kier molecular flexibility index (Phi) is 4.43. The quantitative estimate of drug-likeness (QED) is 0.909. The van der Waals surface area contributed by atoms with Crippen LogP contribution in [0.1, 0.15) is 30.9 Å². The Bertz CT molecular complexity index is 582. The molecule has 0 aromatic heterocycles. The monoisotopic (exact) mass is 306 g/mol. The van der Waals surface area contributed by atoms with E-state index in [0.29, 0.717) is 10.8 Å². The summed E-state index contributed by atoms with van der Waals surface area (Å²) in [6, 6.07) is 5.79. The second-order valence-electron chi connectivity index (χ2n) is 5.79. The van der Waals surface area contributed by atoms with Gasteiger partial charge in [0.1, 0.15) is 11.3 Å². The predicted octanol–water partition coefficient (Wildman–Crippen LogP) is 3.14. The van der Waals surface area contributed by atoms with Crippen molar-refractivity contribution < 1.29 is 9.53 Å². The summed E-state index contributed by atoms with van der Waals surface area (Å²) < 4.78 is 5.59. The first-order valence-corrected chi connectivity index (χ1v) is 7.35. The standard InChI is InChI=1S/C16H19ClN2O2/c1-10-6-13(17)7-11(2)15(10)21-8-14(20)19-16(3,9-18)12-4-5-12/h6-7,12H,4-5,8H2,1-3H3,(H,19,20)/t16-/m1/s1. The second kappa shape index (κ2) is 5.95.